The van der Waals surface area contributed by atoms with Crippen molar-refractivity contribution in [3.8, 4) is 0 Å². The molecule has 11 heteroatoms. The third kappa shape index (κ3) is 3.77. The van der Waals surface area contributed by atoms with Gasteiger partial charge >= 0.3 is 0 Å². The fraction of sp³-hybridized carbons (Fsp3) is 0.368. The van der Waals surface area contributed by atoms with Gasteiger partial charge in [0.1, 0.15) is 23.7 Å². The molecule has 9 nitrogen and oxygen atoms in total. The summed E-state index contributed by atoms with van der Waals surface area (Å²) < 4.78 is 19.0. The van der Waals surface area contributed by atoms with E-state index in [9.17, 15) is 5.11 Å². The van der Waals surface area contributed by atoms with Crippen molar-refractivity contribution >= 4 is 33.4 Å². The highest BCUT2D eigenvalue weighted by Gasteiger charge is 2.49. The zero-order valence-electron chi connectivity index (χ0n) is 15.5. The van der Waals surface area contributed by atoms with Crippen LogP contribution in [-0.2, 0) is 14.2 Å². The minimum absolute atomic E-state index is 0.261. The Hall–Kier alpha value is -2.24. The number of ether oxygens (including phenoxy) is 3. The van der Waals surface area contributed by atoms with Gasteiger partial charge in [-0.2, -0.15) is 0 Å². The first-order valence-corrected chi connectivity index (χ1v) is 11.0. The number of aliphatic hydroxyl groups excluding tert-OH is 1. The lowest BCUT2D eigenvalue weighted by Gasteiger charge is -2.46. The maximum Gasteiger partial charge on any atom is 0.184 e. The number of benzene rings is 1. The van der Waals surface area contributed by atoms with E-state index in [0.29, 0.717) is 5.65 Å². The highest BCUT2D eigenvalue weighted by atomic mass is 32.2. The lowest BCUT2D eigenvalue weighted by molar-refractivity contribution is -0.297. The Morgan fingerprint density at radius 2 is 2.10 bits per heavy atom. The van der Waals surface area contributed by atoms with Gasteiger partial charge in [-0.25, -0.2) is 9.97 Å². The molecule has 2 saturated heterocycles. The van der Waals surface area contributed by atoms with Crippen molar-refractivity contribution < 1.29 is 19.3 Å². The van der Waals surface area contributed by atoms with E-state index in [4.69, 9.17) is 19.7 Å². The molecule has 2 aliphatic heterocycles. The predicted octanol–water partition coefficient (Wildman–Crippen LogP) is 3.66. The Kier molecular flexibility index (Phi) is 5.57. The minimum atomic E-state index is -1.06. The molecule has 0 saturated carbocycles. The molecule has 6 atom stereocenters. The molecule has 1 N–H and O–H groups in total. The molecule has 2 aliphatic rings. The molecule has 2 fully saturated rings. The Morgan fingerprint density at radius 3 is 2.93 bits per heavy atom. The van der Waals surface area contributed by atoms with Gasteiger partial charge in [0.25, 0.3) is 0 Å². The van der Waals surface area contributed by atoms with Gasteiger partial charge in [-0.05, 0) is 11.6 Å². The molecule has 0 radical (unpaired) electrons. The number of thioether (sulfide) groups is 1. The van der Waals surface area contributed by atoms with Crippen LogP contribution in [0.4, 0.5) is 0 Å². The summed E-state index contributed by atoms with van der Waals surface area (Å²) in [6.45, 7) is 0.261. The van der Waals surface area contributed by atoms with E-state index < -0.39 is 36.1 Å². The predicted molar refractivity (Wildman–Crippen MR) is 111 cm³/mol. The van der Waals surface area contributed by atoms with Crippen molar-refractivity contribution in [3.63, 3.8) is 0 Å². The van der Waals surface area contributed by atoms with E-state index in [-0.39, 0.29) is 6.61 Å². The van der Waals surface area contributed by atoms with Crippen molar-refractivity contribution in [1.29, 1.82) is 0 Å². The average Bonchev–Trinajstić information content (AvgIpc) is 3.25. The maximum atomic E-state index is 10.9. The van der Waals surface area contributed by atoms with E-state index in [2.05, 4.69) is 20.0 Å². The first kappa shape index (κ1) is 19.7. The Bertz CT molecular complexity index is 1080. The molecule has 0 aliphatic carbocycles. The van der Waals surface area contributed by atoms with Crippen molar-refractivity contribution in [1.82, 2.24) is 9.97 Å². The molecule has 0 spiro atoms. The van der Waals surface area contributed by atoms with E-state index >= 15 is 0 Å². The molecule has 0 amide bonds. The summed E-state index contributed by atoms with van der Waals surface area (Å²) in [7, 11) is 0. The van der Waals surface area contributed by atoms with Gasteiger partial charge in [0.05, 0.1) is 22.9 Å². The van der Waals surface area contributed by atoms with Gasteiger partial charge < -0.3 is 19.3 Å². The van der Waals surface area contributed by atoms with Gasteiger partial charge in [0.15, 0.2) is 11.9 Å². The van der Waals surface area contributed by atoms with Crippen LogP contribution in [0.25, 0.3) is 20.8 Å². The molecule has 2 aromatic heterocycles. The molecule has 5 rings (SSSR count). The molecule has 1 aromatic carbocycles. The average molecular weight is 444 g/mol. The third-order valence-corrected chi connectivity index (χ3v) is 6.89. The Morgan fingerprint density at radius 1 is 1.23 bits per heavy atom. The zero-order chi connectivity index (χ0) is 20.5. The SMILES string of the molecule is [N-]=[N+]=NC1[C@H]2OC(c3ccccc3)OCC2O[C@H](Sc2cnc3ncsc3c2)[C@H]1O. The fourth-order valence-electron chi connectivity index (χ4n) is 3.58. The molecule has 3 aromatic rings. The number of fused-ring (bicyclic) bond motifs is 2. The second kappa shape index (κ2) is 8.48. The van der Waals surface area contributed by atoms with Crippen LogP contribution in [-0.4, -0.2) is 51.5 Å². The standard InChI is InChI=1S/C19H17N5O4S2/c20-24-23-14-15(25)19(30-11-6-13-17(21-7-11)22-9-29-13)27-12-8-26-18(28-16(12)14)10-4-2-1-3-5-10/h1-7,9,12,14-16,18-19,25H,8H2/t12?,14?,15-,16-,18?,19+/m0/s1. The lowest BCUT2D eigenvalue weighted by Crippen LogP contribution is -2.60. The number of rotatable bonds is 4. The van der Waals surface area contributed by atoms with E-state index in [0.717, 1.165) is 15.2 Å². The Balaban J connectivity index is 1.36. The number of pyridine rings is 1. The van der Waals surface area contributed by atoms with Gasteiger partial charge in [0, 0.05) is 21.6 Å². The zero-order valence-corrected chi connectivity index (χ0v) is 17.1. The number of thiazole rings is 1. The summed E-state index contributed by atoms with van der Waals surface area (Å²) in [6.07, 6.45) is -1.06. The number of hydrogen-bond donors (Lipinski definition) is 1. The largest absolute Gasteiger partial charge is 0.389 e. The van der Waals surface area contributed by atoms with Gasteiger partial charge in [-0.1, -0.05) is 47.2 Å². The summed E-state index contributed by atoms with van der Waals surface area (Å²) >= 11 is 2.82. The van der Waals surface area contributed by atoms with Crippen molar-refractivity contribution in [3.05, 3.63) is 64.1 Å². The van der Waals surface area contributed by atoms with Crippen LogP contribution >= 0.6 is 23.1 Å². The summed E-state index contributed by atoms with van der Waals surface area (Å²) in [6, 6.07) is 10.6. The van der Waals surface area contributed by atoms with Gasteiger partial charge in [0.2, 0.25) is 0 Å². The number of aromatic nitrogens is 2. The summed E-state index contributed by atoms with van der Waals surface area (Å²) in [5.74, 6) is 0. The second-order valence-electron chi connectivity index (χ2n) is 6.87. The van der Waals surface area contributed by atoms with Gasteiger partial charge in [-0.15, -0.1) is 11.3 Å². The van der Waals surface area contributed by atoms with E-state index in [1.165, 1.54) is 23.1 Å². The van der Waals surface area contributed by atoms with Crippen LogP contribution in [0.5, 0.6) is 0 Å². The van der Waals surface area contributed by atoms with Crippen molar-refractivity contribution in [2.24, 2.45) is 5.11 Å². The number of aliphatic hydroxyl groups is 1. The first-order valence-electron chi connectivity index (χ1n) is 9.28. The van der Waals surface area contributed by atoms with Crippen LogP contribution < -0.4 is 0 Å². The fourth-order valence-corrected chi connectivity index (χ4v) is 5.40. The number of nitrogens with zero attached hydrogens (tertiary/aromatic N) is 5. The van der Waals surface area contributed by atoms with Crippen LogP contribution in [0, 0.1) is 0 Å². The number of azide groups is 1. The first-order chi connectivity index (χ1) is 14.7. The highest BCUT2D eigenvalue weighted by Crippen LogP contribution is 2.40. The molecular formula is C19H17N5O4S2. The van der Waals surface area contributed by atoms with E-state index in [1.807, 2.05) is 36.4 Å². The van der Waals surface area contributed by atoms with Crippen LogP contribution in [0.2, 0.25) is 0 Å². The van der Waals surface area contributed by atoms with Crippen LogP contribution in [0.15, 0.2) is 58.1 Å². The molecule has 30 heavy (non-hydrogen) atoms. The maximum absolute atomic E-state index is 10.9. The summed E-state index contributed by atoms with van der Waals surface area (Å²) in [5.41, 5.74) is 11.7. The quantitative estimate of drug-likeness (QED) is 0.371. The topological polar surface area (TPSA) is 122 Å². The minimum Gasteiger partial charge on any atom is -0.389 e. The highest BCUT2D eigenvalue weighted by molar-refractivity contribution is 7.99. The number of hydrogen-bond acceptors (Lipinski definition) is 9. The van der Waals surface area contributed by atoms with Crippen molar-refractivity contribution in [2.45, 2.75) is 41.0 Å². The second-order valence-corrected chi connectivity index (χ2v) is 8.93. The summed E-state index contributed by atoms with van der Waals surface area (Å²) in [5, 5.41) is 14.8. The van der Waals surface area contributed by atoms with E-state index in [1.54, 1.807) is 11.7 Å². The molecular weight excluding hydrogens is 426 g/mol. The summed E-state index contributed by atoms with van der Waals surface area (Å²) in [4.78, 5) is 12.3. The Labute approximate surface area is 179 Å². The van der Waals surface area contributed by atoms with Crippen molar-refractivity contribution in [2.75, 3.05) is 6.61 Å². The van der Waals surface area contributed by atoms with Gasteiger partial charge in [-0.3, -0.25) is 0 Å². The van der Waals surface area contributed by atoms with Crippen LogP contribution in [0.1, 0.15) is 11.9 Å². The molecule has 4 heterocycles. The smallest absolute Gasteiger partial charge is 0.184 e. The monoisotopic (exact) mass is 443 g/mol. The molecule has 154 valence electrons. The third-order valence-electron chi connectivity index (χ3n) is 5.00. The van der Waals surface area contributed by atoms with Crippen LogP contribution in [0.3, 0.4) is 0 Å². The normalized spacial score (nSPS) is 31.1. The molecule has 3 unspecified atom stereocenters. The lowest BCUT2D eigenvalue weighted by atomic mass is 9.97. The molecule has 0 bridgehead atoms.